The molecule has 0 saturated heterocycles. The summed E-state index contributed by atoms with van der Waals surface area (Å²) in [4.78, 5) is 22.0. The Kier molecular flexibility index (Phi) is 12.4. The molecule has 0 aliphatic carbocycles. The number of alkyl halides is 3. The molecule has 2 atom stereocenters. The molecule has 4 aromatic carbocycles. The lowest BCUT2D eigenvalue weighted by Crippen LogP contribution is -2.53. The van der Waals surface area contributed by atoms with Crippen molar-refractivity contribution in [3.05, 3.63) is 141 Å². The first kappa shape index (κ1) is 38.7. The number of nitrogens with one attached hydrogen (secondary N) is 2. The molecule has 0 unspecified atom stereocenters. The molecule has 278 valence electrons. The van der Waals surface area contributed by atoms with Gasteiger partial charge in [0.25, 0.3) is 5.91 Å². The highest BCUT2D eigenvalue weighted by Crippen LogP contribution is 2.44. The summed E-state index contributed by atoms with van der Waals surface area (Å²) >= 11 is 0. The molecule has 3 N–H and O–H groups in total. The number of aliphatic imine (C=N–C) groups is 1. The first-order valence-electron chi connectivity index (χ1n) is 16.2. The quantitative estimate of drug-likeness (QED) is 0.0298. The molecule has 4 aromatic rings. The Bertz CT molecular complexity index is 2100. The number of ether oxygens (including phenoxy) is 2. The van der Waals surface area contributed by atoms with Crippen LogP contribution in [0.5, 0.6) is 5.75 Å². The van der Waals surface area contributed by atoms with Gasteiger partial charge in [-0.05, 0) is 76.8 Å². The van der Waals surface area contributed by atoms with Gasteiger partial charge in [0.1, 0.15) is 11.6 Å². The predicted octanol–water partition coefficient (Wildman–Crippen LogP) is 6.36. The van der Waals surface area contributed by atoms with E-state index in [-0.39, 0.29) is 36.1 Å². The van der Waals surface area contributed by atoms with Crippen LogP contribution in [0.25, 0.3) is 10.4 Å². The molecular formula is C36H34F4N6O6S. The van der Waals surface area contributed by atoms with Crippen LogP contribution in [-0.2, 0) is 38.6 Å². The van der Waals surface area contributed by atoms with E-state index in [9.17, 15) is 30.8 Å². The molecule has 1 heterocycles. The van der Waals surface area contributed by atoms with E-state index in [0.717, 1.165) is 12.1 Å². The molecule has 0 spiro atoms. The van der Waals surface area contributed by atoms with E-state index < -0.39 is 63.7 Å². The smallest absolute Gasteiger partial charge is 0.416 e. The maximum absolute atomic E-state index is 14.5. The Balaban J connectivity index is 1.56. The van der Waals surface area contributed by atoms with Gasteiger partial charge in [-0.1, -0.05) is 47.6 Å². The SMILES string of the molecule is [N-]=[N+]=NCc1ccccc1[C@@H]1OC(c2ccc(OCCCO)cc2)=N[C@]1(CCS(=O)(=O)c1ccccc1)C(=O)NNCc1cc(F)cc(C(F)(F)F)c1. The fourth-order valence-electron chi connectivity index (χ4n) is 5.68. The third-order valence-electron chi connectivity index (χ3n) is 8.31. The molecular weight excluding hydrogens is 720 g/mol. The minimum Gasteiger partial charge on any atom is -0.494 e. The highest BCUT2D eigenvalue weighted by molar-refractivity contribution is 7.91. The Labute approximate surface area is 302 Å². The summed E-state index contributed by atoms with van der Waals surface area (Å²) in [5.41, 5.74) is 11.9. The van der Waals surface area contributed by atoms with Crippen LogP contribution in [0, 0.1) is 5.82 Å². The molecule has 5 rings (SSSR count). The zero-order valence-corrected chi connectivity index (χ0v) is 28.8. The number of nitrogens with zero attached hydrogens (tertiary/aromatic N) is 4. The van der Waals surface area contributed by atoms with Crippen molar-refractivity contribution in [1.29, 1.82) is 0 Å². The van der Waals surface area contributed by atoms with Crippen LogP contribution in [0.2, 0.25) is 0 Å². The number of carbonyl (C=O) groups excluding carboxylic acids is 1. The Morgan fingerprint density at radius 2 is 1.75 bits per heavy atom. The lowest BCUT2D eigenvalue weighted by atomic mass is 9.83. The number of aliphatic hydroxyl groups excluding tert-OH is 1. The number of aliphatic hydroxyl groups is 1. The summed E-state index contributed by atoms with van der Waals surface area (Å²) in [7, 11) is -4.01. The summed E-state index contributed by atoms with van der Waals surface area (Å²) in [6.07, 6.45) is -6.15. The van der Waals surface area contributed by atoms with E-state index in [1.807, 2.05) is 0 Å². The number of amides is 1. The van der Waals surface area contributed by atoms with Crippen molar-refractivity contribution < 1.29 is 45.4 Å². The summed E-state index contributed by atoms with van der Waals surface area (Å²) in [5, 5.41) is 12.7. The number of sulfone groups is 1. The third-order valence-corrected chi connectivity index (χ3v) is 10.0. The van der Waals surface area contributed by atoms with Gasteiger partial charge in [-0.3, -0.25) is 10.2 Å². The zero-order chi connectivity index (χ0) is 38.1. The number of azide groups is 1. The van der Waals surface area contributed by atoms with Crippen LogP contribution in [0.4, 0.5) is 17.6 Å². The monoisotopic (exact) mass is 754 g/mol. The van der Waals surface area contributed by atoms with Gasteiger partial charge >= 0.3 is 6.18 Å². The van der Waals surface area contributed by atoms with E-state index >= 15 is 0 Å². The van der Waals surface area contributed by atoms with Gasteiger partial charge in [-0.2, -0.15) is 13.2 Å². The van der Waals surface area contributed by atoms with Crippen molar-refractivity contribution in [1.82, 2.24) is 10.9 Å². The van der Waals surface area contributed by atoms with E-state index in [2.05, 4.69) is 20.9 Å². The maximum Gasteiger partial charge on any atom is 0.416 e. The highest BCUT2D eigenvalue weighted by atomic mass is 32.2. The van der Waals surface area contributed by atoms with Crippen LogP contribution in [0.15, 0.2) is 112 Å². The fourth-order valence-corrected chi connectivity index (χ4v) is 7.06. The van der Waals surface area contributed by atoms with Crippen LogP contribution in [0.3, 0.4) is 0 Å². The van der Waals surface area contributed by atoms with Gasteiger partial charge in [0.15, 0.2) is 21.5 Å². The van der Waals surface area contributed by atoms with Gasteiger partial charge in [0, 0.05) is 36.5 Å². The largest absolute Gasteiger partial charge is 0.494 e. The fraction of sp³-hybridized carbons (Fsp3) is 0.278. The van der Waals surface area contributed by atoms with Gasteiger partial charge < -0.3 is 14.6 Å². The Morgan fingerprint density at radius 3 is 2.45 bits per heavy atom. The summed E-state index contributed by atoms with van der Waals surface area (Å²) in [6.45, 7) is -0.392. The van der Waals surface area contributed by atoms with Crippen LogP contribution < -0.4 is 15.6 Å². The number of hydrogen-bond acceptors (Lipinski definition) is 9. The van der Waals surface area contributed by atoms with Crippen molar-refractivity contribution in [2.45, 2.75) is 48.6 Å². The summed E-state index contributed by atoms with van der Waals surface area (Å²) in [6, 6.07) is 22.6. The summed E-state index contributed by atoms with van der Waals surface area (Å²) in [5.74, 6) is -2.19. The number of carbonyl (C=O) groups is 1. The van der Waals surface area contributed by atoms with E-state index in [4.69, 9.17) is 25.1 Å². The van der Waals surface area contributed by atoms with Crippen molar-refractivity contribution in [3.63, 3.8) is 0 Å². The van der Waals surface area contributed by atoms with Gasteiger partial charge in [0.05, 0.1) is 29.4 Å². The first-order valence-corrected chi connectivity index (χ1v) is 17.9. The minimum atomic E-state index is -4.82. The Morgan fingerprint density at radius 1 is 1.04 bits per heavy atom. The molecule has 1 aliphatic heterocycles. The average Bonchev–Trinajstić information content (AvgIpc) is 3.54. The molecule has 12 nitrogen and oxygen atoms in total. The van der Waals surface area contributed by atoms with Gasteiger partial charge in [-0.15, -0.1) is 0 Å². The molecule has 1 aliphatic rings. The molecule has 0 saturated carbocycles. The summed E-state index contributed by atoms with van der Waals surface area (Å²) < 4.78 is 93.4. The molecule has 0 bridgehead atoms. The minimum absolute atomic E-state index is 0.000434. The van der Waals surface area contributed by atoms with Gasteiger partial charge in [-0.25, -0.2) is 23.2 Å². The molecule has 17 heteroatoms. The number of benzene rings is 4. The number of hydrogen-bond donors (Lipinski definition) is 3. The van der Waals surface area contributed by atoms with Crippen molar-refractivity contribution in [3.8, 4) is 5.75 Å². The van der Waals surface area contributed by atoms with E-state index in [1.165, 1.54) is 12.1 Å². The molecule has 0 radical (unpaired) electrons. The second-order valence-corrected chi connectivity index (χ2v) is 14.0. The zero-order valence-electron chi connectivity index (χ0n) is 28.0. The van der Waals surface area contributed by atoms with Crippen molar-refractivity contribution in [2.75, 3.05) is 19.0 Å². The highest BCUT2D eigenvalue weighted by Gasteiger charge is 2.54. The number of halogens is 4. The topological polar surface area (TPSA) is 175 Å². The van der Waals surface area contributed by atoms with Gasteiger partial charge in [0.2, 0.25) is 5.90 Å². The average molecular weight is 755 g/mol. The normalized spacial score (nSPS) is 17.0. The maximum atomic E-state index is 14.5. The molecule has 0 aromatic heterocycles. The predicted molar refractivity (Wildman–Crippen MR) is 186 cm³/mol. The lowest BCUT2D eigenvalue weighted by molar-refractivity contribution is -0.138. The third kappa shape index (κ3) is 9.50. The lowest BCUT2D eigenvalue weighted by Gasteiger charge is -2.31. The second kappa shape index (κ2) is 16.9. The first-order chi connectivity index (χ1) is 25.4. The van der Waals surface area contributed by atoms with Crippen LogP contribution in [0.1, 0.15) is 46.8 Å². The van der Waals surface area contributed by atoms with Crippen molar-refractivity contribution >= 4 is 21.6 Å². The van der Waals surface area contributed by atoms with E-state index in [0.29, 0.717) is 34.9 Å². The number of hydrazine groups is 1. The molecule has 1 amide bonds. The number of rotatable bonds is 16. The second-order valence-electron chi connectivity index (χ2n) is 11.9. The molecule has 53 heavy (non-hydrogen) atoms. The molecule has 0 fully saturated rings. The van der Waals surface area contributed by atoms with Crippen LogP contribution >= 0.6 is 0 Å². The van der Waals surface area contributed by atoms with E-state index in [1.54, 1.807) is 66.7 Å². The standard InChI is InChI=1S/C36H34F4N6O6S/c37-28-20-24(19-27(21-28)36(38,39)40)22-42-45-34(48)35(15-18-53(49,50)30-8-2-1-3-9-30)32(31-10-5-4-7-26(31)23-43-46-41)52-33(44-35)25-11-13-29(14-12-25)51-17-6-16-47/h1-5,7-14,19-21,32,42,47H,6,15-18,22-23H2,(H,45,48)/t32-,35-/m0/s1. The van der Waals surface area contributed by atoms with Crippen LogP contribution in [-0.4, -0.2) is 49.8 Å². The van der Waals surface area contributed by atoms with Crippen molar-refractivity contribution in [2.24, 2.45) is 10.1 Å². The Hall–Kier alpha value is -5.48.